The summed E-state index contributed by atoms with van der Waals surface area (Å²) in [5.41, 5.74) is 0. The Bertz CT molecular complexity index is 422. The highest BCUT2D eigenvalue weighted by Crippen LogP contribution is 2.69. The van der Waals surface area contributed by atoms with Crippen molar-refractivity contribution in [1.82, 2.24) is 9.80 Å². The lowest BCUT2D eigenvalue weighted by Gasteiger charge is -2.30. The summed E-state index contributed by atoms with van der Waals surface area (Å²) < 4.78 is 5.32. The Morgan fingerprint density at radius 1 is 1.27 bits per heavy atom. The zero-order chi connectivity index (χ0) is 15.3. The molecule has 5 unspecified atom stereocenters. The second kappa shape index (κ2) is 5.77. The van der Waals surface area contributed by atoms with E-state index in [1.54, 1.807) is 4.90 Å². The number of aliphatic hydroxyl groups excluding tert-OH is 1. The molecule has 1 amide bonds. The summed E-state index contributed by atoms with van der Waals surface area (Å²) in [6.45, 7) is 4.35. The number of likely N-dealkylation sites (N-methyl/N-ethyl adjacent to an activating group) is 1. The normalized spacial score (nSPS) is 41.3. The number of β-amino-alcohol motifs (C(OH)–C–C–N with tert-alkyl or cyclic N) is 1. The van der Waals surface area contributed by atoms with E-state index in [2.05, 4.69) is 4.90 Å². The first-order valence-electron chi connectivity index (χ1n) is 8.88. The minimum absolute atomic E-state index is 0.284. The molecule has 5 heteroatoms. The van der Waals surface area contributed by atoms with Gasteiger partial charge >= 0.3 is 0 Å². The van der Waals surface area contributed by atoms with Gasteiger partial charge in [-0.25, -0.2) is 0 Å². The molecule has 1 N–H and O–H groups in total. The molecule has 4 aliphatic rings. The van der Waals surface area contributed by atoms with Crippen LogP contribution in [0.15, 0.2) is 0 Å². The maximum atomic E-state index is 12.6. The Labute approximate surface area is 132 Å². The van der Waals surface area contributed by atoms with Crippen LogP contribution in [-0.4, -0.2) is 73.4 Å². The summed E-state index contributed by atoms with van der Waals surface area (Å²) in [6.07, 6.45) is 3.61. The van der Waals surface area contributed by atoms with E-state index in [1.807, 2.05) is 7.05 Å². The molecule has 0 aromatic carbocycles. The number of morpholine rings is 1. The van der Waals surface area contributed by atoms with Gasteiger partial charge in [0.05, 0.1) is 19.3 Å². The smallest absolute Gasteiger partial charge is 0.226 e. The summed E-state index contributed by atoms with van der Waals surface area (Å²) in [5.74, 6) is 3.60. The molecule has 2 bridgehead atoms. The molecular formula is C17H28N2O3. The van der Waals surface area contributed by atoms with Gasteiger partial charge in [0, 0.05) is 39.1 Å². The quantitative estimate of drug-likeness (QED) is 0.800. The number of nitrogens with zero attached hydrogens (tertiary/aromatic N) is 2. The van der Waals surface area contributed by atoms with E-state index in [0.29, 0.717) is 24.9 Å². The van der Waals surface area contributed by atoms with E-state index in [-0.39, 0.29) is 11.8 Å². The van der Waals surface area contributed by atoms with Crippen molar-refractivity contribution in [3.05, 3.63) is 0 Å². The standard InChI is InChI=1S/C17H28N2O3/c1-18(9-13(20)10-19-4-6-22-7-5-19)17(21)16-14-11-2-3-12(8-11)15(14)16/h11-16,20H,2-10H2,1H3. The number of carbonyl (C=O) groups excluding carboxylic acids is 1. The molecule has 3 aliphatic carbocycles. The minimum Gasteiger partial charge on any atom is -0.390 e. The number of aliphatic hydroxyl groups is 1. The van der Waals surface area contributed by atoms with Gasteiger partial charge in [0.25, 0.3) is 0 Å². The highest BCUT2D eigenvalue weighted by atomic mass is 16.5. The van der Waals surface area contributed by atoms with Gasteiger partial charge in [0.15, 0.2) is 0 Å². The van der Waals surface area contributed by atoms with Crippen LogP contribution in [0.4, 0.5) is 0 Å². The van der Waals surface area contributed by atoms with Crippen LogP contribution in [0, 0.1) is 29.6 Å². The predicted molar refractivity (Wildman–Crippen MR) is 82.2 cm³/mol. The van der Waals surface area contributed by atoms with Crippen LogP contribution < -0.4 is 0 Å². The van der Waals surface area contributed by atoms with Crippen LogP contribution in [0.1, 0.15) is 19.3 Å². The summed E-state index contributed by atoms with van der Waals surface area (Å²) in [6, 6.07) is 0. The fourth-order valence-electron chi connectivity index (χ4n) is 5.46. The summed E-state index contributed by atoms with van der Waals surface area (Å²) in [7, 11) is 1.86. The highest BCUT2D eigenvalue weighted by molar-refractivity contribution is 5.82. The third-order valence-corrected chi connectivity index (χ3v) is 6.45. The lowest BCUT2D eigenvalue weighted by Crippen LogP contribution is -2.45. The van der Waals surface area contributed by atoms with Crippen molar-refractivity contribution in [1.29, 1.82) is 0 Å². The fraction of sp³-hybridized carbons (Fsp3) is 0.941. The molecule has 4 fully saturated rings. The maximum Gasteiger partial charge on any atom is 0.226 e. The molecule has 4 rings (SSSR count). The van der Waals surface area contributed by atoms with Gasteiger partial charge in [-0.3, -0.25) is 9.69 Å². The number of rotatable bonds is 5. The predicted octanol–water partition coefficient (Wildman–Crippen LogP) is 0.430. The highest BCUT2D eigenvalue weighted by Gasteiger charge is 2.67. The molecule has 1 aliphatic heterocycles. The SMILES string of the molecule is CN(CC(O)CN1CCOCC1)C(=O)C1C2C3CCC(C3)C12. The maximum absolute atomic E-state index is 12.6. The fourth-order valence-corrected chi connectivity index (χ4v) is 5.46. The van der Waals surface area contributed by atoms with Gasteiger partial charge in [-0.2, -0.15) is 0 Å². The van der Waals surface area contributed by atoms with Crippen LogP contribution in [-0.2, 0) is 9.53 Å². The van der Waals surface area contributed by atoms with Crippen LogP contribution in [0.5, 0.6) is 0 Å². The number of ether oxygens (including phenoxy) is 1. The number of hydrogen-bond acceptors (Lipinski definition) is 4. The molecule has 124 valence electrons. The van der Waals surface area contributed by atoms with Crippen molar-refractivity contribution < 1.29 is 14.6 Å². The first kappa shape index (κ1) is 14.9. The largest absolute Gasteiger partial charge is 0.390 e. The van der Waals surface area contributed by atoms with E-state index >= 15 is 0 Å². The van der Waals surface area contributed by atoms with Gasteiger partial charge < -0.3 is 14.7 Å². The monoisotopic (exact) mass is 308 g/mol. The van der Waals surface area contributed by atoms with Crippen molar-refractivity contribution >= 4 is 5.91 Å². The molecule has 5 atom stereocenters. The van der Waals surface area contributed by atoms with E-state index in [4.69, 9.17) is 4.74 Å². The zero-order valence-corrected chi connectivity index (χ0v) is 13.5. The summed E-state index contributed by atoms with van der Waals surface area (Å²) in [5, 5.41) is 10.3. The zero-order valence-electron chi connectivity index (χ0n) is 13.5. The molecule has 0 spiro atoms. The van der Waals surface area contributed by atoms with Gasteiger partial charge in [-0.15, -0.1) is 0 Å². The van der Waals surface area contributed by atoms with Gasteiger partial charge in [-0.1, -0.05) is 0 Å². The lowest BCUT2D eigenvalue weighted by atomic mass is 10.0. The first-order valence-corrected chi connectivity index (χ1v) is 8.88. The summed E-state index contributed by atoms with van der Waals surface area (Å²) in [4.78, 5) is 16.7. The van der Waals surface area contributed by atoms with Gasteiger partial charge in [0.2, 0.25) is 5.91 Å². The van der Waals surface area contributed by atoms with Gasteiger partial charge in [-0.05, 0) is 42.9 Å². The van der Waals surface area contributed by atoms with E-state index in [1.165, 1.54) is 19.3 Å². The minimum atomic E-state index is -0.456. The van der Waals surface area contributed by atoms with E-state index in [0.717, 1.165) is 38.1 Å². The number of amides is 1. The van der Waals surface area contributed by atoms with E-state index in [9.17, 15) is 9.90 Å². The Balaban J connectivity index is 1.25. The average molecular weight is 308 g/mol. The number of carbonyl (C=O) groups is 1. The van der Waals surface area contributed by atoms with Crippen molar-refractivity contribution in [3.8, 4) is 0 Å². The Hall–Kier alpha value is -0.650. The molecule has 22 heavy (non-hydrogen) atoms. The van der Waals surface area contributed by atoms with Crippen molar-refractivity contribution in [3.63, 3.8) is 0 Å². The van der Waals surface area contributed by atoms with Crippen LogP contribution >= 0.6 is 0 Å². The van der Waals surface area contributed by atoms with Crippen LogP contribution in [0.2, 0.25) is 0 Å². The Kier molecular flexibility index (Phi) is 3.91. The molecular weight excluding hydrogens is 280 g/mol. The van der Waals surface area contributed by atoms with Crippen molar-refractivity contribution in [2.75, 3.05) is 46.4 Å². The molecule has 5 nitrogen and oxygen atoms in total. The topological polar surface area (TPSA) is 53.0 Å². The third kappa shape index (κ3) is 2.57. The third-order valence-electron chi connectivity index (χ3n) is 6.45. The Morgan fingerprint density at radius 3 is 2.55 bits per heavy atom. The molecule has 0 radical (unpaired) electrons. The average Bonchev–Trinajstić information content (AvgIpc) is 2.94. The van der Waals surface area contributed by atoms with Crippen molar-refractivity contribution in [2.24, 2.45) is 29.6 Å². The molecule has 1 saturated heterocycles. The number of hydrogen-bond donors (Lipinski definition) is 1. The van der Waals surface area contributed by atoms with Crippen LogP contribution in [0.3, 0.4) is 0 Å². The number of fused-ring (bicyclic) bond motifs is 5. The Morgan fingerprint density at radius 2 is 1.91 bits per heavy atom. The molecule has 3 saturated carbocycles. The second-order valence-corrected chi connectivity index (χ2v) is 7.80. The van der Waals surface area contributed by atoms with Gasteiger partial charge in [0.1, 0.15) is 0 Å². The molecule has 0 aromatic rings. The van der Waals surface area contributed by atoms with E-state index < -0.39 is 6.10 Å². The lowest BCUT2D eigenvalue weighted by molar-refractivity contribution is -0.133. The first-order chi connectivity index (χ1) is 10.6. The molecule has 1 heterocycles. The molecule has 0 aromatic heterocycles. The summed E-state index contributed by atoms with van der Waals surface area (Å²) >= 11 is 0. The van der Waals surface area contributed by atoms with Crippen molar-refractivity contribution in [2.45, 2.75) is 25.4 Å². The second-order valence-electron chi connectivity index (χ2n) is 7.80. The van der Waals surface area contributed by atoms with Crippen LogP contribution in [0.25, 0.3) is 0 Å².